The highest BCUT2D eigenvalue weighted by atomic mass is 32.2. The molecule has 0 aromatic heterocycles. The second-order valence-corrected chi connectivity index (χ2v) is 7.90. The second kappa shape index (κ2) is 9.24. The van der Waals surface area contributed by atoms with Crippen molar-refractivity contribution in [3.8, 4) is 0 Å². The van der Waals surface area contributed by atoms with Crippen molar-refractivity contribution < 1.29 is 9.59 Å². The standard InChI is InChI=1S/C22H26N4O2S/c1-14(24-18(27)13-29-3)21(28)20-22(23)26(2)17-12-8-7-11-16(17)19(25-20)15-9-5-4-6-10-15/h4-12,14,20,22H,13,23H2,1-3H3,(H,24,27)/t14?,20?,22-/m0/s1. The normalized spacial score (nSPS) is 19.6. The number of Topliss-reactive ketones (excluding diaryl/α,β-unsaturated/α-hetero) is 1. The van der Waals surface area contributed by atoms with E-state index in [1.54, 1.807) is 6.92 Å². The Labute approximate surface area is 175 Å². The summed E-state index contributed by atoms with van der Waals surface area (Å²) in [4.78, 5) is 31.9. The van der Waals surface area contributed by atoms with Crippen LogP contribution < -0.4 is 16.0 Å². The van der Waals surface area contributed by atoms with Crippen LogP contribution in [0.3, 0.4) is 0 Å². The van der Waals surface area contributed by atoms with Gasteiger partial charge in [0.25, 0.3) is 0 Å². The van der Waals surface area contributed by atoms with Crippen LogP contribution in [-0.4, -0.2) is 54.7 Å². The molecule has 6 nitrogen and oxygen atoms in total. The highest BCUT2D eigenvalue weighted by Gasteiger charge is 2.36. The number of anilines is 1. The maximum Gasteiger partial charge on any atom is 0.230 e. The van der Waals surface area contributed by atoms with E-state index >= 15 is 0 Å². The molecule has 3 rings (SSSR count). The van der Waals surface area contributed by atoms with Crippen LogP contribution in [0.4, 0.5) is 5.69 Å². The van der Waals surface area contributed by atoms with Crippen LogP contribution in [0.2, 0.25) is 0 Å². The van der Waals surface area contributed by atoms with Gasteiger partial charge in [-0.1, -0.05) is 48.5 Å². The van der Waals surface area contributed by atoms with Crippen molar-refractivity contribution in [1.82, 2.24) is 5.32 Å². The Kier molecular flexibility index (Phi) is 6.71. The number of amides is 1. The predicted octanol–water partition coefficient (Wildman–Crippen LogP) is 2.06. The van der Waals surface area contributed by atoms with Gasteiger partial charge in [-0.2, -0.15) is 11.8 Å². The van der Waals surface area contributed by atoms with Crippen molar-refractivity contribution >= 4 is 34.9 Å². The van der Waals surface area contributed by atoms with Crippen LogP contribution in [0.15, 0.2) is 59.6 Å². The minimum atomic E-state index is -0.813. The lowest BCUT2D eigenvalue weighted by Gasteiger charge is -2.30. The Balaban J connectivity index is 2.03. The monoisotopic (exact) mass is 410 g/mol. The number of hydrogen-bond acceptors (Lipinski definition) is 6. The van der Waals surface area contributed by atoms with E-state index in [9.17, 15) is 9.59 Å². The summed E-state index contributed by atoms with van der Waals surface area (Å²) in [7, 11) is 1.87. The fraction of sp³-hybridized carbons (Fsp3) is 0.318. The fourth-order valence-corrected chi connectivity index (χ4v) is 3.78. The van der Waals surface area contributed by atoms with Crippen molar-refractivity contribution in [1.29, 1.82) is 0 Å². The molecule has 0 radical (unpaired) electrons. The highest BCUT2D eigenvalue weighted by Crippen LogP contribution is 2.29. The van der Waals surface area contributed by atoms with Gasteiger partial charge in [0.1, 0.15) is 12.2 Å². The maximum atomic E-state index is 13.2. The van der Waals surface area contributed by atoms with E-state index in [2.05, 4.69) is 5.32 Å². The summed E-state index contributed by atoms with van der Waals surface area (Å²) >= 11 is 1.41. The first-order chi connectivity index (χ1) is 13.9. The predicted molar refractivity (Wildman–Crippen MR) is 120 cm³/mol. The molecule has 0 aliphatic carbocycles. The molecule has 2 aromatic carbocycles. The number of fused-ring (bicyclic) bond motifs is 1. The van der Waals surface area contributed by atoms with E-state index in [1.807, 2.05) is 72.8 Å². The van der Waals surface area contributed by atoms with E-state index < -0.39 is 18.2 Å². The Morgan fingerprint density at radius 3 is 2.52 bits per heavy atom. The first kappa shape index (κ1) is 21.1. The molecule has 7 heteroatoms. The third-order valence-corrected chi connectivity index (χ3v) is 5.55. The Morgan fingerprint density at radius 1 is 1.17 bits per heavy atom. The number of nitrogens with one attached hydrogen (secondary N) is 1. The first-order valence-corrected chi connectivity index (χ1v) is 10.9. The molecular weight excluding hydrogens is 384 g/mol. The number of carbonyl (C=O) groups is 2. The molecule has 3 N–H and O–H groups in total. The highest BCUT2D eigenvalue weighted by molar-refractivity contribution is 7.99. The van der Waals surface area contributed by atoms with Crippen LogP contribution in [-0.2, 0) is 9.59 Å². The van der Waals surface area contributed by atoms with Gasteiger partial charge in [-0.3, -0.25) is 14.6 Å². The van der Waals surface area contributed by atoms with Crippen LogP contribution in [0, 0.1) is 0 Å². The number of carbonyl (C=O) groups excluding carboxylic acids is 2. The van der Waals surface area contributed by atoms with Gasteiger partial charge in [-0.15, -0.1) is 0 Å². The van der Waals surface area contributed by atoms with E-state index in [4.69, 9.17) is 10.7 Å². The van der Waals surface area contributed by atoms with Gasteiger partial charge in [-0.05, 0) is 19.2 Å². The number of nitrogens with two attached hydrogens (primary N) is 1. The van der Waals surface area contributed by atoms with Crippen molar-refractivity contribution in [2.45, 2.75) is 25.2 Å². The molecular formula is C22H26N4O2S. The molecule has 2 aromatic rings. The molecule has 1 amide bonds. The lowest BCUT2D eigenvalue weighted by Crippen LogP contribution is -2.55. The van der Waals surface area contributed by atoms with Gasteiger partial charge < -0.3 is 16.0 Å². The number of nitrogens with zero attached hydrogens (tertiary/aromatic N) is 2. The van der Waals surface area contributed by atoms with Gasteiger partial charge >= 0.3 is 0 Å². The molecule has 0 fully saturated rings. The largest absolute Gasteiger partial charge is 0.356 e. The average Bonchev–Trinajstić information content (AvgIpc) is 2.84. The number of likely N-dealkylation sites (N-methyl/N-ethyl adjacent to an activating group) is 1. The third kappa shape index (κ3) is 4.52. The fourth-order valence-electron chi connectivity index (χ4n) is 3.44. The van der Waals surface area contributed by atoms with E-state index in [1.165, 1.54) is 11.8 Å². The lowest BCUT2D eigenvalue weighted by atomic mass is 10.00. The summed E-state index contributed by atoms with van der Waals surface area (Å²) in [6, 6.07) is 16.1. The van der Waals surface area contributed by atoms with Gasteiger partial charge in [-0.25, -0.2) is 0 Å². The van der Waals surface area contributed by atoms with Crippen molar-refractivity contribution in [2.75, 3.05) is 24.0 Å². The van der Waals surface area contributed by atoms with Crippen molar-refractivity contribution in [3.63, 3.8) is 0 Å². The average molecular weight is 411 g/mol. The SMILES string of the molecule is CSCC(=O)NC(C)C(=O)C1N=C(c2ccccc2)c2ccccc2N(C)[C@@H]1N. The smallest absolute Gasteiger partial charge is 0.230 e. The maximum absolute atomic E-state index is 13.2. The molecule has 1 aliphatic rings. The molecule has 2 unspecified atom stereocenters. The van der Waals surface area contributed by atoms with E-state index in [0.29, 0.717) is 5.75 Å². The molecule has 1 heterocycles. The zero-order chi connectivity index (χ0) is 21.0. The summed E-state index contributed by atoms with van der Waals surface area (Å²) in [6.45, 7) is 1.68. The van der Waals surface area contributed by atoms with Crippen LogP contribution >= 0.6 is 11.8 Å². The molecule has 0 bridgehead atoms. The zero-order valence-corrected chi connectivity index (χ0v) is 17.6. The molecule has 29 heavy (non-hydrogen) atoms. The minimum absolute atomic E-state index is 0.176. The van der Waals surface area contributed by atoms with E-state index in [-0.39, 0.29) is 11.7 Å². The number of ketones is 1. The summed E-state index contributed by atoms with van der Waals surface area (Å²) in [5.74, 6) is -0.0809. The summed E-state index contributed by atoms with van der Waals surface area (Å²) < 4.78 is 0. The van der Waals surface area contributed by atoms with Crippen LogP contribution in [0.5, 0.6) is 0 Å². The zero-order valence-electron chi connectivity index (χ0n) is 16.8. The lowest BCUT2D eigenvalue weighted by molar-refractivity contribution is -0.127. The van der Waals surface area contributed by atoms with Crippen molar-refractivity contribution in [2.24, 2.45) is 10.7 Å². The van der Waals surface area contributed by atoms with Crippen LogP contribution in [0.25, 0.3) is 0 Å². The quantitative estimate of drug-likeness (QED) is 0.761. The Bertz CT molecular complexity index is 916. The van der Waals surface area contributed by atoms with Gasteiger partial charge in [0.2, 0.25) is 5.91 Å². The second-order valence-electron chi connectivity index (χ2n) is 7.03. The molecule has 0 spiro atoms. The number of rotatable bonds is 6. The number of para-hydroxylation sites is 1. The van der Waals surface area contributed by atoms with E-state index in [0.717, 1.165) is 22.5 Å². The minimum Gasteiger partial charge on any atom is -0.356 e. The molecule has 1 aliphatic heterocycles. The van der Waals surface area contributed by atoms with Gasteiger partial charge in [0, 0.05) is 23.9 Å². The van der Waals surface area contributed by atoms with Gasteiger partial charge in [0.05, 0.1) is 17.5 Å². The number of thioether (sulfide) groups is 1. The summed E-state index contributed by atoms with van der Waals surface area (Å²) in [5, 5.41) is 2.76. The first-order valence-electron chi connectivity index (χ1n) is 9.47. The molecule has 0 saturated carbocycles. The Hall–Kier alpha value is -2.64. The van der Waals surface area contributed by atoms with Gasteiger partial charge in [0.15, 0.2) is 5.78 Å². The molecule has 0 saturated heterocycles. The number of aliphatic imine (C=N–C) groups is 1. The number of benzene rings is 2. The summed E-state index contributed by atoms with van der Waals surface area (Å²) in [5.41, 5.74) is 9.96. The number of hydrogen-bond donors (Lipinski definition) is 2. The third-order valence-electron chi connectivity index (χ3n) is 5.00. The van der Waals surface area contributed by atoms with Crippen LogP contribution in [0.1, 0.15) is 18.1 Å². The summed E-state index contributed by atoms with van der Waals surface area (Å²) in [6.07, 6.45) is 1.19. The molecule has 3 atom stereocenters. The van der Waals surface area contributed by atoms with Crippen molar-refractivity contribution in [3.05, 3.63) is 65.7 Å². The molecule has 152 valence electrons. The topological polar surface area (TPSA) is 87.8 Å². The Morgan fingerprint density at radius 2 is 1.83 bits per heavy atom. The number of benzodiazepines with no additional fused rings is 1.